The van der Waals surface area contributed by atoms with Crippen LogP contribution in [0.15, 0.2) is 18.2 Å². The number of nitrogens with one attached hydrogen (secondary N) is 2. The highest BCUT2D eigenvalue weighted by Gasteiger charge is 2.28. The van der Waals surface area contributed by atoms with Crippen molar-refractivity contribution in [1.29, 1.82) is 0 Å². The second kappa shape index (κ2) is 12.0. The van der Waals surface area contributed by atoms with E-state index in [2.05, 4.69) is 16.7 Å². The van der Waals surface area contributed by atoms with Gasteiger partial charge in [-0.3, -0.25) is 9.59 Å². The number of hydrogen-bond donors (Lipinski definition) is 2. The lowest BCUT2D eigenvalue weighted by Crippen LogP contribution is -2.46. The van der Waals surface area contributed by atoms with Gasteiger partial charge in [0.05, 0.1) is 12.5 Å². The van der Waals surface area contributed by atoms with E-state index in [1.807, 2.05) is 30.9 Å². The highest BCUT2D eigenvalue weighted by molar-refractivity contribution is 5.95. The first-order valence-corrected chi connectivity index (χ1v) is 9.36. The molecule has 6 nitrogen and oxygen atoms in total. The molecule has 152 valence electrons. The second-order valence-corrected chi connectivity index (χ2v) is 7.00. The molecule has 0 saturated carbocycles. The van der Waals surface area contributed by atoms with E-state index in [-0.39, 0.29) is 30.1 Å². The van der Waals surface area contributed by atoms with Gasteiger partial charge in [-0.25, -0.2) is 0 Å². The summed E-state index contributed by atoms with van der Waals surface area (Å²) in [4.78, 5) is 27.0. The summed E-state index contributed by atoms with van der Waals surface area (Å²) in [5.74, 6) is -0.0652. The largest absolute Gasteiger partial charge is 0.383 e. The average molecular weight is 398 g/mol. The molecule has 1 atom stereocenters. The molecule has 1 saturated heterocycles. The Balaban J connectivity index is 0.00000364. The van der Waals surface area contributed by atoms with Gasteiger partial charge < -0.3 is 20.3 Å². The first-order valence-electron chi connectivity index (χ1n) is 9.36. The molecule has 0 radical (unpaired) electrons. The Hall–Kier alpha value is -1.63. The average Bonchev–Trinajstić information content (AvgIpc) is 2.63. The van der Waals surface area contributed by atoms with Gasteiger partial charge in [0.25, 0.3) is 5.91 Å². The minimum atomic E-state index is -0.127. The summed E-state index contributed by atoms with van der Waals surface area (Å²) in [6, 6.07) is 5.90. The van der Waals surface area contributed by atoms with Crippen LogP contribution in [-0.4, -0.2) is 63.2 Å². The maximum Gasteiger partial charge on any atom is 0.253 e. The molecule has 2 N–H and O–H groups in total. The van der Waals surface area contributed by atoms with E-state index in [1.54, 1.807) is 7.11 Å². The predicted molar refractivity (Wildman–Crippen MR) is 110 cm³/mol. The van der Waals surface area contributed by atoms with Crippen molar-refractivity contribution >= 4 is 24.2 Å². The van der Waals surface area contributed by atoms with Crippen LogP contribution >= 0.6 is 12.4 Å². The molecular formula is C20H32ClN3O3. The van der Waals surface area contributed by atoms with E-state index >= 15 is 0 Å². The van der Waals surface area contributed by atoms with E-state index in [0.717, 1.165) is 30.5 Å². The molecule has 7 heteroatoms. The van der Waals surface area contributed by atoms with Gasteiger partial charge in [0.2, 0.25) is 5.91 Å². The number of halogens is 1. The molecule has 1 aliphatic heterocycles. The summed E-state index contributed by atoms with van der Waals surface area (Å²) in [7, 11) is 1.66. The number of carbonyl (C=O) groups excluding carboxylic acids is 2. The Morgan fingerprint density at radius 3 is 2.52 bits per heavy atom. The molecule has 0 aliphatic carbocycles. The number of ether oxygens (including phenoxy) is 1. The van der Waals surface area contributed by atoms with Crippen molar-refractivity contribution in [3.63, 3.8) is 0 Å². The van der Waals surface area contributed by atoms with E-state index in [9.17, 15) is 9.59 Å². The highest BCUT2D eigenvalue weighted by atomic mass is 35.5. The highest BCUT2D eigenvalue weighted by Crippen LogP contribution is 2.20. The monoisotopic (exact) mass is 397 g/mol. The van der Waals surface area contributed by atoms with Crippen LogP contribution in [0.2, 0.25) is 0 Å². The molecule has 1 fully saturated rings. The molecule has 1 aromatic rings. The molecule has 2 rings (SSSR count). The van der Waals surface area contributed by atoms with Crippen molar-refractivity contribution in [2.75, 3.05) is 46.4 Å². The molecule has 1 unspecified atom stereocenters. The van der Waals surface area contributed by atoms with Crippen molar-refractivity contribution in [3.8, 4) is 0 Å². The minimum Gasteiger partial charge on any atom is -0.383 e. The molecule has 1 aliphatic rings. The number of rotatable bonds is 8. The molecule has 1 heterocycles. The van der Waals surface area contributed by atoms with Crippen LogP contribution in [0.25, 0.3) is 0 Å². The van der Waals surface area contributed by atoms with Crippen LogP contribution in [0, 0.1) is 19.8 Å². The first-order chi connectivity index (χ1) is 12.5. The number of piperidine rings is 1. The van der Waals surface area contributed by atoms with Gasteiger partial charge in [-0.05, 0) is 38.8 Å². The van der Waals surface area contributed by atoms with Gasteiger partial charge in [0.15, 0.2) is 0 Å². The lowest BCUT2D eigenvalue weighted by molar-refractivity contribution is -0.126. The molecule has 2 amide bonds. The number of amides is 2. The van der Waals surface area contributed by atoms with Crippen molar-refractivity contribution < 1.29 is 14.3 Å². The standard InChI is InChI=1S/C20H31N3O3.ClH/c1-15-11-16(2)13-18(12-15)20(25)23-9-4-5-17(14-23)19(24)22-7-6-21-8-10-26-3;/h11-13,17,21H,4-10,14H2,1-3H3,(H,22,24);1H. The Morgan fingerprint density at radius 2 is 1.85 bits per heavy atom. The van der Waals surface area contributed by atoms with Crippen molar-refractivity contribution in [3.05, 3.63) is 34.9 Å². The molecular weight excluding hydrogens is 366 g/mol. The second-order valence-electron chi connectivity index (χ2n) is 7.00. The Morgan fingerprint density at radius 1 is 1.15 bits per heavy atom. The summed E-state index contributed by atoms with van der Waals surface area (Å²) in [6.07, 6.45) is 1.69. The van der Waals surface area contributed by atoms with Crippen molar-refractivity contribution in [2.45, 2.75) is 26.7 Å². The van der Waals surface area contributed by atoms with Crippen LogP contribution in [-0.2, 0) is 9.53 Å². The van der Waals surface area contributed by atoms with Crippen LogP contribution in [0.4, 0.5) is 0 Å². The number of likely N-dealkylation sites (tertiary alicyclic amines) is 1. The molecule has 0 aromatic heterocycles. The van der Waals surface area contributed by atoms with Gasteiger partial charge in [0, 0.05) is 45.4 Å². The number of benzene rings is 1. The summed E-state index contributed by atoms with van der Waals surface area (Å²) in [6.45, 7) is 7.94. The Kier molecular flexibility index (Phi) is 10.4. The molecule has 0 spiro atoms. The molecule has 1 aromatic carbocycles. The van der Waals surface area contributed by atoms with Crippen LogP contribution < -0.4 is 10.6 Å². The van der Waals surface area contributed by atoms with Crippen molar-refractivity contribution in [1.82, 2.24) is 15.5 Å². The predicted octanol–water partition coefficient (Wildman–Crippen LogP) is 1.93. The van der Waals surface area contributed by atoms with E-state index in [1.165, 1.54) is 0 Å². The Labute approximate surface area is 168 Å². The number of aryl methyl sites for hydroxylation is 2. The number of carbonyl (C=O) groups is 2. The zero-order chi connectivity index (χ0) is 18.9. The van der Waals surface area contributed by atoms with Crippen LogP contribution in [0.3, 0.4) is 0 Å². The Bertz CT molecular complexity index is 604. The van der Waals surface area contributed by atoms with Gasteiger partial charge in [-0.2, -0.15) is 0 Å². The van der Waals surface area contributed by atoms with E-state index < -0.39 is 0 Å². The zero-order valence-corrected chi connectivity index (χ0v) is 17.4. The lowest BCUT2D eigenvalue weighted by atomic mass is 9.96. The molecule has 0 bridgehead atoms. The fraction of sp³-hybridized carbons (Fsp3) is 0.600. The quantitative estimate of drug-likeness (QED) is 0.657. The SMILES string of the molecule is COCCNCCNC(=O)C1CCCN(C(=O)c2cc(C)cc(C)c2)C1.Cl. The third-order valence-electron chi connectivity index (χ3n) is 4.63. The van der Waals surface area contributed by atoms with Crippen LogP contribution in [0.1, 0.15) is 34.3 Å². The minimum absolute atomic E-state index is 0. The number of hydrogen-bond acceptors (Lipinski definition) is 4. The summed E-state index contributed by atoms with van der Waals surface area (Å²) in [5.41, 5.74) is 2.88. The first kappa shape index (κ1) is 23.4. The number of nitrogens with zero attached hydrogens (tertiary/aromatic N) is 1. The maximum absolute atomic E-state index is 12.8. The number of methoxy groups -OCH3 is 1. The lowest BCUT2D eigenvalue weighted by Gasteiger charge is -2.32. The zero-order valence-electron chi connectivity index (χ0n) is 16.5. The summed E-state index contributed by atoms with van der Waals surface area (Å²) in [5, 5.41) is 6.17. The van der Waals surface area contributed by atoms with Crippen molar-refractivity contribution in [2.24, 2.45) is 5.92 Å². The fourth-order valence-corrected chi connectivity index (χ4v) is 3.37. The molecule has 27 heavy (non-hydrogen) atoms. The van der Waals surface area contributed by atoms with Gasteiger partial charge in [-0.1, -0.05) is 17.2 Å². The van der Waals surface area contributed by atoms with Gasteiger partial charge in [0.1, 0.15) is 0 Å². The fourth-order valence-electron chi connectivity index (χ4n) is 3.37. The maximum atomic E-state index is 12.8. The normalized spacial score (nSPS) is 16.6. The summed E-state index contributed by atoms with van der Waals surface area (Å²) < 4.78 is 4.96. The smallest absolute Gasteiger partial charge is 0.253 e. The van der Waals surface area contributed by atoms with E-state index in [4.69, 9.17) is 4.74 Å². The van der Waals surface area contributed by atoms with Crippen LogP contribution in [0.5, 0.6) is 0 Å². The van der Waals surface area contributed by atoms with Gasteiger partial charge in [-0.15, -0.1) is 12.4 Å². The topological polar surface area (TPSA) is 70.7 Å². The third kappa shape index (κ3) is 7.48. The summed E-state index contributed by atoms with van der Waals surface area (Å²) >= 11 is 0. The third-order valence-corrected chi connectivity index (χ3v) is 4.63. The van der Waals surface area contributed by atoms with E-state index in [0.29, 0.717) is 38.3 Å². The van der Waals surface area contributed by atoms with Gasteiger partial charge >= 0.3 is 0 Å².